The highest BCUT2D eigenvalue weighted by molar-refractivity contribution is 7.89. The monoisotopic (exact) mass is 432 g/mol. The third-order valence-electron chi connectivity index (χ3n) is 3.97. The predicted molar refractivity (Wildman–Crippen MR) is 118 cm³/mol. The third kappa shape index (κ3) is 6.60. The molecule has 30 heavy (non-hydrogen) atoms. The predicted octanol–water partition coefficient (Wildman–Crippen LogP) is 3.98. The van der Waals surface area contributed by atoms with Crippen LogP contribution < -0.4 is 19.5 Å². The topological polar surface area (TPSA) is 93.7 Å². The maximum Gasteiger partial charge on any atom is 0.255 e. The van der Waals surface area contributed by atoms with Gasteiger partial charge in [-0.25, -0.2) is 13.1 Å². The lowest BCUT2D eigenvalue weighted by Gasteiger charge is -2.14. The highest BCUT2D eigenvalue weighted by Crippen LogP contribution is 2.31. The smallest absolute Gasteiger partial charge is 0.255 e. The van der Waals surface area contributed by atoms with Crippen LogP contribution in [0.3, 0.4) is 0 Å². The first-order valence-electron chi connectivity index (χ1n) is 9.82. The average molecular weight is 433 g/mol. The molecule has 1 amide bonds. The van der Waals surface area contributed by atoms with Gasteiger partial charge >= 0.3 is 0 Å². The summed E-state index contributed by atoms with van der Waals surface area (Å²) in [6.07, 6.45) is 3.18. The maximum atomic E-state index is 12.6. The molecule has 0 aromatic heterocycles. The molecule has 0 fully saturated rings. The summed E-state index contributed by atoms with van der Waals surface area (Å²) in [5.74, 6) is 0.837. The van der Waals surface area contributed by atoms with E-state index in [0.29, 0.717) is 36.0 Å². The Morgan fingerprint density at radius 2 is 1.63 bits per heavy atom. The van der Waals surface area contributed by atoms with Crippen molar-refractivity contribution in [2.45, 2.75) is 31.6 Å². The third-order valence-corrected chi connectivity index (χ3v) is 5.41. The van der Waals surface area contributed by atoms with E-state index >= 15 is 0 Å². The van der Waals surface area contributed by atoms with E-state index < -0.39 is 10.0 Å². The molecule has 2 rings (SSSR count). The van der Waals surface area contributed by atoms with Crippen LogP contribution in [0.5, 0.6) is 11.5 Å². The molecule has 8 heteroatoms. The van der Waals surface area contributed by atoms with Gasteiger partial charge in [-0.3, -0.25) is 4.79 Å². The minimum atomic E-state index is -3.63. The standard InChI is InChI=1S/C22H28N2O5S/c1-4-13-23-30(26,27)19-10-7-17(8-11-19)22(25)24-18-9-12-20(28-14-5-2)21(16-18)29-15-6-3/h4,7-12,16,23H,1,5-6,13-15H2,2-3H3,(H,24,25). The molecule has 2 aromatic carbocycles. The molecule has 0 radical (unpaired) electrons. The fraction of sp³-hybridized carbons (Fsp3) is 0.318. The maximum absolute atomic E-state index is 12.6. The number of benzene rings is 2. The molecule has 0 aliphatic heterocycles. The number of hydrogen-bond donors (Lipinski definition) is 2. The quantitative estimate of drug-likeness (QED) is 0.495. The lowest BCUT2D eigenvalue weighted by atomic mass is 10.2. The number of nitrogens with one attached hydrogen (secondary N) is 2. The minimum absolute atomic E-state index is 0.0774. The Bertz CT molecular complexity index is 956. The molecule has 0 bridgehead atoms. The van der Waals surface area contributed by atoms with E-state index in [2.05, 4.69) is 16.6 Å². The zero-order chi connectivity index (χ0) is 22.0. The zero-order valence-corrected chi connectivity index (χ0v) is 18.1. The molecule has 0 unspecified atom stereocenters. The first-order chi connectivity index (χ1) is 14.4. The Morgan fingerprint density at radius 3 is 2.23 bits per heavy atom. The highest BCUT2D eigenvalue weighted by atomic mass is 32.2. The number of rotatable bonds is 12. The molecule has 2 N–H and O–H groups in total. The van der Waals surface area contributed by atoms with Gasteiger partial charge in [0.1, 0.15) is 0 Å². The molecule has 0 aliphatic carbocycles. The second-order valence-corrected chi connectivity index (χ2v) is 8.24. The van der Waals surface area contributed by atoms with E-state index in [9.17, 15) is 13.2 Å². The van der Waals surface area contributed by atoms with Crippen LogP contribution in [0.15, 0.2) is 60.0 Å². The molecule has 0 atom stereocenters. The largest absolute Gasteiger partial charge is 0.490 e. The minimum Gasteiger partial charge on any atom is -0.490 e. The van der Waals surface area contributed by atoms with Crippen LogP contribution in [0, 0.1) is 0 Å². The Labute approximate surface area is 178 Å². The van der Waals surface area contributed by atoms with E-state index in [-0.39, 0.29) is 17.3 Å². The molecule has 2 aromatic rings. The molecular weight excluding hydrogens is 404 g/mol. The van der Waals surface area contributed by atoms with Gasteiger partial charge in [0.05, 0.1) is 18.1 Å². The van der Waals surface area contributed by atoms with Gasteiger partial charge in [-0.05, 0) is 49.2 Å². The van der Waals surface area contributed by atoms with Gasteiger partial charge < -0.3 is 14.8 Å². The van der Waals surface area contributed by atoms with Gasteiger partial charge in [0.2, 0.25) is 10.0 Å². The van der Waals surface area contributed by atoms with Crippen LogP contribution in [0.25, 0.3) is 0 Å². The van der Waals surface area contributed by atoms with Gasteiger partial charge in [0.15, 0.2) is 11.5 Å². The SMILES string of the molecule is C=CCNS(=O)(=O)c1ccc(C(=O)Nc2ccc(OCCC)c(OCCC)c2)cc1. The van der Waals surface area contributed by atoms with Crippen molar-refractivity contribution in [2.75, 3.05) is 25.1 Å². The van der Waals surface area contributed by atoms with Gasteiger partial charge in [-0.2, -0.15) is 0 Å². The summed E-state index contributed by atoms with van der Waals surface area (Å²) in [6.45, 7) is 8.75. The number of carbonyl (C=O) groups excluding carboxylic acids is 1. The first kappa shape index (κ1) is 23.4. The second kappa shape index (κ2) is 11.4. The van der Waals surface area contributed by atoms with E-state index in [1.165, 1.54) is 30.3 Å². The number of ether oxygens (including phenoxy) is 2. The summed E-state index contributed by atoms with van der Waals surface area (Å²) < 4.78 is 38.0. The van der Waals surface area contributed by atoms with Crippen molar-refractivity contribution in [3.8, 4) is 11.5 Å². The Morgan fingerprint density at radius 1 is 1.00 bits per heavy atom. The summed E-state index contributed by atoms with van der Waals surface area (Å²) in [7, 11) is -3.63. The molecule has 7 nitrogen and oxygen atoms in total. The first-order valence-corrected chi connectivity index (χ1v) is 11.3. The lowest BCUT2D eigenvalue weighted by molar-refractivity contribution is 0.102. The van der Waals surface area contributed by atoms with Crippen LogP contribution >= 0.6 is 0 Å². The lowest BCUT2D eigenvalue weighted by Crippen LogP contribution is -2.23. The van der Waals surface area contributed by atoms with Crippen molar-refractivity contribution in [3.63, 3.8) is 0 Å². The van der Waals surface area contributed by atoms with Crippen molar-refractivity contribution < 1.29 is 22.7 Å². The number of sulfonamides is 1. The Hall–Kier alpha value is -2.84. The highest BCUT2D eigenvalue weighted by Gasteiger charge is 2.15. The van der Waals surface area contributed by atoms with Crippen molar-refractivity contribution in [1.82, 2.24) is 4.72 Å². The van der Waals surface area contributed by atoms with Gasteiger partial charge in [0, 0.05) is 23.9 Å². The van der Waals surface area contributed by atoms with Crippen LogP contribution in [-0.2, 0) is 10.0 Å². The van der Waals surface area contributed by atoms with Gasteiger partial charge in [0.25, 0.3) is 5.91 Å². The number of amides is 1. The van der Waals surface area contributed by atoms with Crippen LogP contribution in [0.4, 0.5) is 5.69 Å². The van der Waals surface area contributed by atoms with Crippen LogP contribution in [-0.4, -0.2) is 34.1 Å². The molecule has 0 saturated carbocycles. The van der Waals surface area contributed by atoms with Crippen LogP contribution in [0.2, 0.25) is 0 Å². The van der Waals surface area contributed by atoms with Gasteiger partial charge in [-0.15, -0.1) is 6.58 Å². The average Bonchev–Trinajstić information content (AvgIpc) is 2.75. The molecule has 162 valence electrons. The van der Waals surface area contributed by atoms with E-state index in [1.54, 1.807) is 18.2 Å². The zero-order valence-electron chi connectivity index (χ0n) is 17.3. The molecular formula is C22H28N2O5S. The van der Waals surface area contributed by atoms with E-state index in [1.807, 2.05) is 13.8 Å². The van der Waals surface area contributed by atoms with Crippen molar-refractivity contribution in [1.29, 1.82) is 0 Å². The summed E-state index contributed by atoms with van der Waals surface area (Å²) >= 11 is 0. The number of carbonyl (C=O) groups is 1. The fourth-order valence-electron chi connectivity index (χ4n) is 2.48. The number of hydrogen-bond acceptors (Lipinski definition) is 5. The van der Waals surface area contributed by atoms with E-state index in [4.69, 9.17) is 9.47 Å². The summed E-state index contributed by atoms with van der Waals surface area (Å²) in [4.78, 5) is 12.6. The molecule has 0 heterocycles. The Kier molecular flexibility index (Phi) is 8.89. The van der Waals surface area contributed by atoms with Crippen molar-refractivity contribution in [2.24, 2.45) is 0 Å². The molecule has 0 saturated heterocycles. The normalized spacial score (nSPS) is 11.0. The second-order valence-electron chi connectivity index (χ2n) is 6.48. The van der Waals surface area contributed by atoms with E-state index in [0.717, 1.165) is 12.8 Å². The summed E-state index contributed by atoms with van der Waals surface area (Å²) in [6, 6.07) is 10.9. The number of anilines is 1. The summed E-state index contributed by atoms with van der Waals surface area (Å²) in [5.41, 5.74) is 0.888. The van der Waals surface area contributed by atoms with Gasteiger partial charge in [-0.1, -0.05) is 19.9 Å². The molecule has 0 spiro atoms. The van der Waals surface area contributed by atoms with Crippen molar-refractivity contribution >= 4 is 21.6 Å². The van der Waals surface area contributed by atoms with Crippen molar-refractivity contribution in [3.05, 3.63) is 60.7 Å². The Balaban J connectivity index is 2.13. The summed E-state index contributed by atoms with van der Waals surface area (Å²) in [5, 5.41) is 2.80. The fourth-order valence-corrected chi connectivity index (χ4v) is 3.48. The van der Waals surface area contributed by atoms with Crippen LogP contribution in [0.1, 0.15) is 37.0 Å². The molecule has 0 aliphatic rings.